The predicted molar refractivity (Wildman–Crippen MR) is 252 cm³/mol. The summed E-state index contributed by atoms with van der Waals surface area (Å²) in [5.41, 5.74) is 12.9. The highest BCUT2D eigenvalue weighted by atomic mass is 32.2. The zero-order valence-electron chi connectivity index (χ0n) is 33.4. The van der Waals surface area contributed by atoms with Crippen molar-refractivity contribution in [2.24, 2.45) is 0 Å². The third-order valence-corrected chi connectivity index (χ3v) is 12.1. The minimum absolute atomic E-state index is 0.600. The van der Waals surface area contributed by atoms with Crippen LogP contribution in [0.25, 0.3) is 79.2 Å². The van der Waals surface area contributed by atoms with Gasteiger partial charge < -0.3 is 4.90 Å². The van der Waals surface area contributed by atoms with Crippen molar-refractivity contribution in [1.29, 1.82) is 0 Å². The molecule has 0 bridgehead atoms. The maximum Gasteiger partial charge on any atom is 0.164 e. The molecule has 0 saturated heterocycles. The molecule has 0 aliphatic carbocycles. The lowest BCUT2D eigenvalue weighted by molar-refractivity contribution is 1.07. The average molecular weight is 813 g/mol. The Kier molecular flexibility index (Phi) is 9.69. The quantitative estimate of drug-likeness (QED) is 0.151. The highest BCUT2D eigenvalue weighted by Crippen LogP contribution is 2.51. The summed E-state index contributed by atoms with van der Waals surface area (Å²) in [6, 6.07) is 75.2. The number of hydrogen-bond acceptors (Lipinski definition) is 7. The maximum atomic E-state index is 5.13. The molecule has 0 spiro atoms. The van der Waals surface area contributed by atoms with E-state index >= 15 is 0 Å². The van der Waals surface area contributed by atoms with E-state index in [9.17, 15) is 0 Å². The van der Waals surface area contributed by atoms with E-state index in [0.29, 0.717) is 23.3 Å². The molecule has 0 saturated carbocycles. The maximum absolute atomic E-state index is 5.13. The number of hydrogen-bond donors (Lipinski definition) is 0. The van der Waals surface area contributed by atoms with Crippen LogP contribution in [0, 0.1) is 0 Å². The number of para-hydroxylation sites is 2. The number of fused-ring (bicyclic) bond motifs is 2. The molecule has 10 aromatic rings. The lowest BCUT2D eigenvalue weighted by Crippen LogP contribution is -2.14. The van der Waals surface area contributed by atoms with Crippen LogP contribution >= 0.6 is 11.8 Å². The molecule has 62 heavy (non-hydrogen) atoms. The standard InChI is InChI=1S/C55H36N6S/c1-4-16-37(17-5-1)46-36-47(57-52(56-46)38-18-6-2-7-19-38)43-24-14-22-41(34-43)42-23-15-25-44(35-42)55-59-53(39-20-8-3-9-21-39)58-54(60-55)40-30-32-45(33-31-40)61-48-26-10-12-28-50(48)62-51-29-13-11-27-49(51)61/h1-36H. The first-order valence-corrected chi connectivity index (χ1v) is 21.3. The third kappa shape index (κ3) is 7.31. The lowest BCUT2D eigenvalue weighted by atomic mass is 9.99. The Morgan fingerprint density at radius 2 is 0.661 bits per heavy atom. The van der Waals surface area contributed by atoms with Crippen LogP contribution in [0.4, 0.5) is 17.1 Å². The molecule has 0 fully saturated rings. The molecule has 0 atom stereocenters. The fraction of sp³-hybridized carbons (Fsp3) is 0. The van der Waals surface area contributed by atoms with Crippen LogP contribution in [0.1, 0.15) is 0 Å². The van der Waals surface area contributed by atoms with E-state index in [1.165, 1.54) is 9.79 Å². The van der Waals surface area contributed by atoms with Crippen molar-refractivity contribution in [1.82, 2.24) is 24.9 Å². The summed E-state index contributed by atoms with van der Waals surface area (Å²) in [6.07, 6.45) is 0. The molecule has 0 radical (unpaired) electrons. The third-order valence-electron chi connectivity index (χ3n) is 10.9. The van der Waals surface area contributed by atoms with Gasteiger partial charge in [0.05, 0.1) is 22.8 Å². The molecule has 2 aromatic heterocycles. The summed E-state index contributed by atoms with van der Waals surface area (Å²) in [5, 5.41) is 0. The first-order chi connectivity index (χ1) is 30.7. The van der Waals surface area contributed by atoms with Gasteiger partial charge in [0, 0.05) is 48.9 Å². The summed E-state index contributed by atoms with van der Waals surface area (Å²) in [5.74, 6) is 2.51. The second-order valence-electron chi connectivity index (χ2n) is 14.9. The SMILES string of the molecule is c1ccc(-c2cc(-c3cccc(-c4cccc(-c5nc(-c6ccccc6)nc(-c6ccc(N7c8ccccc8Sc8ccccc87)cc6)n5)c4)c3)nc(-c3ccccc3)n2)cc1. The van der Waals surface area contributed by atoms with Crippen molar-refractivity contribution < 1.29 is 0 Å². The fourth-order valence-electron chi connectivity index (χ4n) is 7.86. The van der Waals surface area contributed by atoms with E-state index in [-0.39, 0.29) is 0 Å². The molecule has 6 nitrogen and oxygen atoms in total. The Labute approximate surface area is 364 Å². The zero-order chi connectivity index (χ0) is 41.2. The Morgan fingerprint density at radius 1 is 0.274 bits per heavy atom. The van der Waals surface area contributed by atoms with Gasteiger partial charge in [0.15, 0.2) is 23.3 Å². The van der Waals surface area contributed by atoms with Gasteiger partial charge in [-0.25, -0.2) is 24.9 Å². The number of nitrogens with zero attached hydrogens (tertiary/aromatic N) is 6. The first-order valence-electron chi connectivity index (χ1n) is 20.5. The number of benzene rings is 8. The topological polar surface area (TPSA) is 67.7 Å². The van der Waals surface area contributed by atoms with E-state index in [1.54, 1.807) is 11.8 Å². The summed E-state index contributed by atoms with van der Waals surface area (Å²) in [7, 11) is 0. The Morgan fingerprint density at radius 3 is 1.23 bits per heavy atom. The largest absolute Gasteiger partial charge is 0.308 e. The van der Waals surface area contributed by atoms with Crippen LogP contribution < -0.4 is 4.90 Å². The van der Waals surface area contributed by atoms with Crippen molar-refractivity contribution in [3.05, 3.63) is 218 Å². The van der Waals surface area contributed by atoms with Gasteiger partial charge in [-0.1, -0.05) is 163 Å². The minimum Gasteiger partial charge on any atom is -0.308 e. The van der Waals surface area contributed by atoms with Gasteiger partial charge in [0.25, 0.3) is 0 Å². The van der Waals surface area contributed by atoms with Gasteiger partial charge in [-0.2, -0.15) is 0 Å². The van der Waals surface area contributed by atoms with Crippen LogP contribution in [-0.4, -0.2) is 24.9 Å². The number of anilines is 3. The highest BCUT2D eigenvalue weighted by molar-refractivity contribution is 7.99. The monoisotopic (exact) mass is 812 g/mol. The fourth-order valence-corrected chi connectivity index (χ4v) is 8.91. The normalized spacial score (nSPS) is 11.8. The summed E-state index contributed by atoms with van der Waals surface area (Å²) >= 11 is 1.80. The molecule has 1 aliphatic rings. The number of rotatable bonds is 8. The van der Waals surface area contributed by atoms with Gasteiger partial charge >= 0.3 is 0 Å². The molecule has 0 N–H and O–H groups in total. The van der Waals surface area contributed by atoms with Gasteiger partial charge in [-0.05, 0) is 77.9 Å². The smallest absolute Gasteiger partial charge is 0.164 e. The zero-order valence-corrected chi connectivity index (χ0v) is 34.2. The van der Waals surface area contributed by atoms with Crippen molar-refractivity contribution >= 4 is 28.8 Å². The molecule has 3 heterocycles. The Bertz CT molecular complexity index is 3110. The average Bonchev–Trinajstić information content (AvgIpc) is 3.36. The summed E-state index contributed by atoms with van der Waals surface area (Å²) < 4.78 is 0. The van der Waals surface area contributed by atoms with Crippen molar-refractivity contribution in [3.63, 3.8) is 0 Å². The molecule has 11 rings (SSSR count). The summed E-state index contributed by atoms with van der Waals surface area (Å²) in [4.78, 5) is 30.1. The van der Waals surface area contributed by atoms with Gasteiger partial charge in [-0.3, -0.25) is 0 Å². The minimum atomic E-state index is 0.600. The van der Waals surface area contributed by atoms with E-state index < -0.39 is 0 Å². The van der Waals surface area contributed by atoms with Gasteiger partial charge in [0.1, 0.15) is 0 Å². The molecule has 0 amide bonds. The van der Waals surface area contributed by atoms with Gasteiger partial charge in [0.2, 0.25) is 0 Å². The van der Waals surface area contributed by atoms with Crippen LogP contribution in [0.5, 0.6) is 0 Å². The summed E-state index contributed by atoms with van der Waals surface area (Å²) in [6.45, 7) is 0. The van der Waals surface area contributed by atoms with Crippen molar-refractivity contribution in [3.8, 4) is 79.2 Å². The first kappa shape index (κ1) is 37.0. The van der Waals surface area contributed by atoms with E-state index in [0.717, 1.165) is 73.0 Å². The second kappa shape index (κ2) is 16.2. The molecule has 8 aromatic carbocycles. The van der Waals surface area contributed by atoms with E-state index in [4.69, 9.17) is 24.9 Å². The van der Waals surface area contributed by atoms with Crippen LogP contribution in [0.3, 0.4) is 0 Å². The second-order valence-corrected chi connectivity index (χ2v) is 16.0. The van der Waals surface area contributed by atoms with E-state index in [2.05, 4.69) is 144 Å². The van der Waals surface area contributed by atoms with Gasteiger partial charge in [-0.15, -0.1) is 0 Å². The van der Waals surface area contributed by atoms with E-state index in [1.807, 2.05) is 78.9 Å². The van der Waals surface area contributed by atoms with Crippen LogP contribution in [-0.2, 0) is 0 Å². The van der Waals surface area contributed by atoms with Crippen molar-refractivity contribution in [2.45, 2.75) is 9.79 Å². The highest BCUT2D eigenvalue weighted by Gasteiger charge is 2.24. The Balaban J connectivity index is 0.964. The molecule has 292 valence electrons. The molecule has 0 unspecified atom stereocenters. The predicted octanol–water partition coefficient (Wildman–Crippen LogP) is 14.3. The van der Waals surface area contributed by atoms with Crippen LogP contribution in [0.2, 0.25) is 0 Å². The van der Waals surface area contributed by atoms with Crippen LogP contribution in [0.15, 0.2) is 228 Å². The molecular weight excluding hydrogens is 777 g/mol. The Hall–Kier alpha value is -8.00. The molecule has 7 heteroatoms. The number of aromatic nitrogens is 5. The lowest BCUT2D eigenvalue weighted by Gasteiger charge is -2.32. The van der Waals surface area contributed by atoms with Crippen molar-refractivity contribution in [2.75, 3.05) is 4.90 Å². The molecular formula is C55H36N6S. The molecule has 1 aliphatic heterocycles.